The molecule has 0 amide bonds. The number of aryl methyl sites for hydroxylation is 1. The van der Waals surface area contributed by atoms with Gasteiger partial charge < -0.3 is 31.6 Å². The van der Waals surface area contributed by atoms with Gasteiger partial charge in [0.05, 0.1) is 33.5 Å². The standard InChI is InChI=1S/C22H28N2O3.ClH/c1-16-6-11-19-20(23-26-13-5-12-24(2)3)15-21(27-22(19)14-16)17-7-9-18(25-4)10-8-17;/h6-11,14,21H,5,12-13,15H2,1-4H3;1H/b23-20+;. The molecule has 0 spiro atoms. The summed E-state index contributed by atoms with van der Waals surface area (Å²) >= 11 is 0. The molecular formula is C22H29ClN2O3. The van der Waals surface area contributed by atoms with Crippen LogP contribution in [-0.4, -0.2) is 40.1 Å². The molecule has 0 bridgehead atoms. The summed E-state index contributed by atoms with van der Waals surface area (Å²) in [4.78, 5) is 7.04. The lowest BCUT2D eigenvalue weighted by Gasteiger charge is -2.27. The minimum absolute atomic E-state index is 0. The zero-order valence-corrected chi connectivity index (χ0v) is 17.8. The Bertz CT molecular complexity index is 791. The third kappa shape index (κ3) is 5.63. The number of fused-ring (bicyclic) bond motifs is 1. The molecule has 0 aromatic heterocycles. The molecule has 0 radical (unpaired) electrons. The van der Waals surface area contributed by atoms with Crippen LogP contribution >= 0.6 is 0 Å². The van der Waals surface area contributed by atoms with Gasteiger partial charge in [0, 0.05) is 18.4 Å². The van der Waals surface area contributed by atoms with Gasteiger partial charge in [-0.1, -0.05) is 23.4 Å². The van der Waals surface area contributed by atoms with Gasteiger partial charge in [-0.15, -0.1) is 0 Å². The van der Waals surface area contributed by atoms with Crippen molar-refractivity contribution in [3.8, 4) is 11.5 Å². The number of methoxy groups -OCH3 is 1. The molecular weight excluding hydrogens is 376 g/mol. The molecule has 0 saturated heterocycles. The van der Waals surface area contributed by atoms with Crippen LogP contribution in [0.1, 0.15) is 35.6 Å². The lowest BCUT2D eigenvalue weighted by molar-refractivity contribution is -0.858. The summed E-state index contributed by atoms with van der Waals surface area (Å²) in [5, 5.41) is 4.46. The van der Waals surface area contributed by atoms with E-state index in [2.05, 4.69) is 44.4 Å². The van der Waals surface area contributed by atoms with Crippen LogP contribution in [0, 0.1) is 6.92 Å². The molecule has 2 aromatic rings. The highest BCUT2D eigenvalue weighted by molar-refractivity contribution is 6.03. The summed E-state index contributed by atoms with van der Waals surface area (Å²) in [7, 11) is 5.95. The van der Waals surface area contributed by atoms with Gasteiger partial charge in [-0.05, 0) is 42.3 Å². The first kappa shape index (κ1) is 22.1. The van der Waals surface area contributed by atoms with Gasteiger partial charge in [0.2, 0.25) is 0 Å². The van der Waals surface area contributed by atoms with E-state index in [1.807, 2.05) is 24.3 Å². The van der Waals surface area contributed by atoms with Crippen LogP contribution in [0.3, 0.4) is 0 Å². The molecule has 6 heteroatoms. The van der Waals surface area contributed by atoms with Gasteiger partial charge in [-0.3, -0.25) is 0 Å². The SMILES string of the molecule is COc1ccc(C2C/C(=N\OCCC[NH+](C)C)c3ccc(C)cc3O2)cc1.[Cl-]. The summed E-state index contributed by atoms with van der Waals surface area (Å²) in [6, 6.07) is 14.2. The molecule has 5 nitrogen and oxygen atoms in total. The van der Waals surface area contributed by atoms with E-state index in [4.69, 9.17) is 14.3 Å². The molecule has 1 N–H and O–H groups in total. The van der Waals surface area contributed by atoms with E-state index in [0.717, 1.165) is 41.3 Å². The Morgan fingerprint density at radius 2 is 1.89 bits per heavy atom. The molecule has 0 fully saturated rings. The van der Waals surface area contributed by atoms with Crippen LogP contribution in [0.15, 0.2) is 47.6 Å². The predicted molar refractivity (Wildman–Crippen MR) is 107 cm³/mol. The van der Waals surface area contributed by atoms with Gasteiger partial charge in [0.25, 0.3) is 0 Å². The minimum Gasteiger partial charge on any atom is -1.00 e. The monoisotopic (exact) mass is 404 g/mol. The highest BCUT2D eigenvalue weighted by atomic mass is 35.5. The lowest BCUT2D eigenvalue weighted by atomic mass is 9.95. The lowest BCUT2D eigenvalue weighted by Crippen LogP contribution is -3.05. The molecule has 1 atom stereocenters. The Morgan fingerprint density at radius 1 is 1.14 bits per heavy atom. The topological polar surface area (TPSA) is 44.5 Å². The van der Waals surface area contributed by atoms with Crippen molar-refractivity contribution in [3.05, 3.63) is 59.2 Å². The molecule has 1 heterocycles. The van der Waals surface area contributed by atoms with Gasteiger partial charge in [-0.2, -0.15) is 0 Å². The Kier molecular flexibility index (Phi) is 8.15. The van der Waals surface area contributed by atoms with Crippen molar-refractivity contribution in [1.82, 2.24) is 0 Å². The molecule has 0 aliphatic carbocycles. The first-order chi connectivity index (χ1) is 13.1. The molecule has 2 aromatic carbocycles. The van der Waals surface area contributed by atoms with Gasteiger partial charge in [0.15, 0.2) is 0 Å². The quantitative estimate of drug-likeness (QED) is 0.513. The highest BCUT2D eigenvalue weighted by Crippen LogP contribution is 2.36. The molecule has 152 valence electrons. The fraction of sp³-hybridized carbons (Fsp3) is 0.409. The Hall–Kier alpha value is -2.24. The second-order valence-corrected chi connectivity index (χ2v) is 7.27. The third-order valence-electron chi connectivity index (χ3n) is 4.67. The van der Waals surface area contributed by atoms with Crippen LogP contribution in [0.4, 0.5) is 0 Å². The van der Waals surface area contributed by atoms with E-state index < -0.39 is 0 Å². The molecule has 28 heavy (non-hydrogen) atoms. The van der Waals surface area contributed by atoms with Crippen LogP contribution in [0.5, 0.6) is 11.5 Å². The number of benzene rings is 2. The molecule has 1 aliphatic heterocycles. The first-order valence-electron chi connectivity index (χ1n) is 9.46. The number of halogens is 1. The van der Waals surface area contributed by atoms with E-state index in [1.54, 1.807) is 7.11 Å². The number of rotatable bonds is 7. The van der Waals surface area contributed by atoms with Crippen LogP contribution in [0.25, 0.3) is 0 Å². The van der Waals surface area contributed by atoms with Gasteiger partial charge in [-0.25, -0.2) is 0 Å². The largest absolute Gasteiger partial charge is 1.00 e. The van der Waals surface area contributed by atoms with Crippen molar-refractivity contribution in [2.24, 2.45) is 5.16 Å². The van der Waals surface area contributed by atoms with E-state index in [-0.39, 0.29) is 18.5 Å². The second kappa shape index (κ2) is 10.3. The number of quaternary nitrogens is 1. The van der Waals surface area contributed by atoms with Crippen LogP contribution in [0.2, 0.25) is 0 Å². The highest BCUT2D eigenvalue weighted by Gasteiger charge is 2.27. The summed E-state index contributed by atoms with van der Waals surface area (Å²) in [6.07, 6.45) is 1.58. The number of nitrogens with one attached hydrogen (secondary N) is 1. The Labute approximate surface area is 173 Å². The maximum Gasteiger partial charge on any atom is 0.129 e. The van der Waals surface area contributed by atoms with Crippen molar-refractivity contribution in [2.75, 3.05) is 34.4 Å². The van der Waals surface area contributed by atoms with Crippen molar-refractivity contribution >= 4 is 5.71 Å². The fourth-order valence-corrected chi connectivity index (χ4v) is 3.15. The molecule has 3 rings (SSSR count). The van der Waals surface area contributed by atoms with E-state index in [0.29, 0.717) is 13.0 Å². The van der Waals surface area contributed by atoms with Crippen LogP contribution in [-0.2, 0) is 4.84 Å². The summed E-state index contributed by atoms with van der Waals surface area (Å²) in [6.45, 7) is 3.76. The summed E-state index contributed by atoms with van der Waals surface area (Å²) in [5.41, 5.74) is 4.23. The zero-order chi connectivity index (χ0) is 19.2. The van der Waals surface area contributed by atoms with Gasteiger partial charge in [0.1, 0.15) is 24.2 Å². The zero-order valence-electron chi connectivity index (χ0n) is 17.0. The van der Waals surface area contributed by atoms with Crippen molar-refractivity contribution in [2.45, 2.75) is 25.9 Å². The maximum atomic E-state index is 6.28. The molecule has 1 unspecified atom stereocenters. The number of nitrogens with zero attached hydrogens (tertiary/aromatic N) is 1. The average Bonchev–Trinajstić information content (AvgIpc) is 2.67. The number of oxime groups is 1. The number of hydrogen-bond acceptors (Lipinski definition) is 4. The third-order valence-corrected chi connectivity index (χ3v) is 4.67. The van der Waals surface area contributed by atoms with Crippen molar-refractivity contribution in [3.63, 3.8) is 0 Å². The van der Waals surface area contributed by atoms with Crippen molar-refractivity contribution in [1.29, 1.82) is 0 Å². The fourth-order valence-electron chi connectivity index (χ4n) is 3.15. The van der Waals surface area contributed by atoms with Crippen LogP contribution < -0.4 is 26.8 Å². The smallest absolute Gasteiger partial charge is 0.129 e. The van der Waals surface area contributed by atoms with E-state index >= 15 is 0 Å². The minimum atomic E-state index is -0.0845. The average molecular weight is 405 g/mol. The molecule has 0 saturated carbocycles. The number of hydrogen-bond donors (Lipinski definition) is 1. The predicted octanol–water partition coefficient (Wildman–Crippen LogP) is -0.213. The summed E-state index contributed by atoms with van der Waals surface area (Å²) < 4.78 is 11.5. The van der Waals surface area contributed by atoms with E-state index in [9.17, 15) is 0 Å². The Balaban J connectivity index is 0.00000280. The second-order valence-electron chi connectivity index (χ2n) is 7.27. The van der Waals surface area contributed by atoms with E-state index in [1.165, 1.54) is 10.5 Å². The Morgan fingerprint density at radius 3 is 2.57 bits per heavy atom. The number of ether oxygens (including phenoxy) is 2. The normalized spacial score (nSPS) is 16.9. The first-order valence-corrected chi connectivity index (χ1v) is 9.46. The molecule has 1 aliphatic rings. The summed E-state index contributed by atoms with van der Waals surface area (Å²) in [5.74, 6) is 1.70. The maximum absolute atomic E-state index is 6.28. The van der Waals surface area contributed by atoms with Gasteiger partial charge >= 0.3 is 0 Å². The van der Waals surface area contributed by atoms with Crippen molar-refractivity contribution < 1.29 is 31.6 Å².